The molecule has 1 atom stereocenters. The highest BCUT2D eigenvalue weighted by Crippen LogP contribution is 2.23. The zero-order valence-corrected chi connectivity index (χ0v) is 13.6. The summed E-state index contributed by atoms with van der Waals surface area (Å²) in [6, 6.07) is 2.17. The number of hydrogen-bond donors (Lipinski definition) is 0. The molecular formula is C16H24N4O3. The van der Waals surface area contributed by atoms with Crippen LogP contribution in [0.2, 0.25) is 0 Å². The number of carbonyl (C=O) groups excluding carboxylic acids is 2. The Hall–Kier alpha value is -1.89. The van der Waals surface area contributed by atoms with E-state index in [9.17, 15) is 9.59 Å². The summed E-state index contributed by atoms with van der Waals surface area (Å²) < 4.78 is 7.03. The molecule has 2 amide bonds. The van der Waals surface area contributed by atoms with Gasteiger partial charge in [-0.2, -0.15) is 5.10 Å². The summed E-state index contributed by atoms with van der Waals surface area (Å²) in [5.74, 6) is 0.162. The van der Waals surface area contributed by atoms with Crippen molar-refractivity contribution in [3.05, 3.63) is 18.5 Å². The summed E-state index contributed by atoms with van der Waals surface area (Å²) in [6.07, 6.45) is 6.08. The molecule has 0 spiro atoms. The predicted molar refractivity (Wildman–Crippen MR) is 83.6 cm³/mol. The van der Waals surface area contributed by atoms with Crippen LogP contribution in [0.5, 0.6) is 0 Å². The van der Waals surface area contributed by atoms with Crippen molar-refractivity contribution in [3.63, 3.8) is 0 Å². The molecule has 2 aliphatic rings. The maximum atomic E-state index is 12.4. The van der Waals surface area contributed by atoms with Crippen LogP contribution in [0.3, 0.4) is 0 Å². The SMILES string of the molecule is CC(=O)N(C1CCOCC1)C1CCN(C(=O)Cn2cccn2)C1. The molecule has 1 unspecified atom stereocenters. The van der Waals surface area contributed by atoms with Crippen LogP contribution in [0.1, 0.15) is 26.2 Å². The van der Waals surface area contributed by atoms with E-state index in [0.717, 1.165) is 19.3 Å². The molecule has 0 bridgehead atoms. The Balaban J connectivity index is 1.60. The van der Waals surface area contributed by atoms with Gasteiger partial charge in [-0.3, -0.25) is 14.3 Å². The number of hydrogen-bond acceptors (Lipinski definition) is 4. The van der Waals surface area contributed by atoms with Crippen LogP contribution in [0.25, 0.3) is 0 Å². The first kappa shape index (κ1) is 16.0. The van der Waals surface area contributed by atoms with Crippen LogP contribution in [0.4, 0.5) is 0 Å². The third-order valence-electron chi connectivity index (χ3n) is 4.71. The van der Waals surface area contributed by atoms with E-state index in [4.69, 9.17) is 4.74 Å². The Morgan fingerprint density at radius 2 is 2.04 bits per heavy atom. The van der Waals surface area contributed by atoms with E-state index in [2.05, 4.69) is 5.10 Å². The lowest BCUT2D eigenvalue weighted by molar-refractivity contribution is -0.137. The van der Waals surface area contributed by atoms with Gasteiger partial charge in [0.05, 0.1) is 6.04 Å². The average molecular weight is 320 g/mol. The number of rotatable bonds is 4. The maximum Gasteiger partial charge on any atom is 0.244 e. The number of likely N-dealkylation sites (tertiary alicyclic amines) is 1. The van der Waals surface area contributed by atoms with Crippen LogP contribution < -0.4 is 0 Å². The van der Waals surface area contributed by atoms with Gasteiger partial charge in [-0.25, -0.2) is 0 Å². The quantitative estimate of drug-likeness (QED) is 0.811. The van der Waals surface area contributed by atoms with E-state index >= 15 is 0 Å². The molecular weight excluding hydrogens is 296 g/mol. The third-order valence-corrected chi connectivity index (χ3v) is 4.71. The molecule has 1 aromatic heterocycles. The number of aromatic nitrogens is 2. The van der Waals surface area contributed by atoms with Gasteiger partial charge in [-0.15, -0.1) is 0 Å². The van der Waals surface area contributed by atoms with Crippen molar-refractivity contribution < 1.29 is 14.3 Å². The highest BCUT2D eigenvalue weighted by Gasteiger charge is 2.35. The second-order valence-electron chi connectivity index (χ2n) is 6.26. The predicted octanol–water partition coefficient (Wildman–Crippen LogP) is 0.512. The molecule has 3 rings (SSSR count). The fourth-order valence-electron chi connectivity index (χ4n) is 3.60. The van der Waals surface area contributed by atoms with Crippen molar-refractivity contribution in [2.45, 2.75) is 44.8 Å². The zero-order chi connectivity index (χ0) is 16.2. The van der Waals surface area contributed by atoms with Crippen LogP contribution in [-0.4, -0.2) is 69.8 Å². The third kappa shape index (κ3) is 3.72. The molecule has 126 valence electrons. The first-order valence-corrected chi connectivity index (χ1v) is 8.27. The van der Waals surface area contributed by atoms with Gasteiger partial charge in [0.25, 0.3) is 0 Å². The molecule has 3 heterocycles. The first-order valence-electron chi connectivity index (χ1n) is 8.27. The molecule has 0 saturated carbocycles. The van der Waals surface area contributed by atoms with Crippen LogP contribution >= 0.6 is 0 Å². The Labute approximate surface area is 136 Å². The Morgan fingerprint density at radius 3 is 2.70 bits per heavy atom. The van der Waals surface area contributed by atoms with Gasteiger partial charge in [0.15, 0.2) is 0 Å². The van der Waals surface area contributed by atoms with Gasteiger partial charge < -0.3 is 14.5 Å². The van der Waals surface area contributed by atoms with Gasteiger partial charge in [-0.05, 0) is 25.3 Å². The second-order valence-corrected chi connectivity index (χ2v) is 6.26. The summed E-state index contributed by atoms with van der Waals surface area (Å²) in [6.45, 7) is 4.64. The van der Waals surface area contributed by atoms with Crippen molar-refractivity contribution in [1.82, 2.24) is 19.6 Å². The van der Waals surface area contributed by atoms with Crippen molar-refractivity contribution in [2.24, 2.45) is 0 Å². The maximum absolute atomic E-state index is 12.4. The van der Waals surface area contributed by atoms with E-state index in [-0.39, 0.29) is 30.4 Å². The fourth-order valence-corrected chi connectivity index (χ4v) is 3.60. The summed E-state index contributed by atoms with van der Waals surface area (Å²) in [5.41, 5.74) is 0. The smallest absolute Gasteiger partial charge is 0.244 e. The summed E-state index contributed by atoms with van der Waals surface area (Å²) in [7, 11) is 0. The zero-order valence-electron chi connectivity index (χ0n) is 13.6. The molecule has 0 radical (unpaired) electrons. The number of amides is 2. The number of ether oxygens (including phenoxy) is 1. The molecule has 1 aromatic rings. The molecule has 2 saturated heterocycles. The van der Waals surface area contributed by atoms with E-state index < -0.39 is 0 Å². The Morgan fingerprint density at radius 1 is 1.26 bits per heavy atom. The minimum atomic E-state index is 0.0617. The largest absolute Gasteiger partial charge is 0.381 e. The van der Waals surface area contributed by atoms with Crippen molar-refractivity contribution in [1.29, 1.82) is 0 Å². The van der Waals surface area contributed by atoms with Crippen LogP contribution in [0, 0.1) is 0 Å². The minimum absolute atomic E-state index is 0.0617. The topological polar surface area (TPSA) is 67.7 Å². The lowest BCUT2D eigenvalue weighted by Gasteiger charge is -2.37. The highest BCUT2D eigenvalue weighted by molar-refractivity contribution is 5.77. The molecule has 23 heavy (non-hydrogen) atoms. The molecule has 2 fully saturated rings. The Kier molecular flexibility index (Phi) is 4.95. The Bertz CT molecular complexity index is 540. The molecule has 7 heteroatoms. The summed E-state index contributed by atoms with van der Waals surface area (Å²) >= 11 is 0. The van der Waals surface area contributed by atoms with E-state index in [1.54, 1.807) is 24.0 Å². The van der Waals surface area contributed by atoms with E-state index in [0.29, 0.717) is 26.3 Å². The molecule has 2 aliphatic heterocycles. The average Bonchev–Trinajstić information content (AvgIpc) is 3.20. The molecule has 0 aliphatic carbocycles. The molecule has 7 nitrogen and oxygen atoms in total. The monoisotopic (exact) mass is 320 g/mol. The fraction of sp³-hybridized carbons (Fsp3) is 0.688. The lowest BCUT2D eigenvalue weighted by atomic mass is 10.0. The van der Waals surface area contributed by atoms with Gasteiger partial charge in [0.1, 0.15) is 6.54 Å². The van der Waals surface area contributed by atoms with Gasteiger partial charge in [-0.1, -0.05) is 0 Å². The van der Waals surface area contributed by atoms with Crippen molar-refractivity contribution in [2.75, 3.05) is 26.3 Å². The first-order chi connectivity index (χ1) is 11.1. The van der Waals surface area contributed by atoms with Gasteiger partial charge >= 0.3 is 0 Å². The lowest BCUT2D eigenvalue weighted by Crippen LogP contribution is -2.49. The van der Waals surface area contributed by atoms with Gasteiger partial charge in [0, 0.05) is 51.7 Å². The van der Waals surface area contributed by atoms with E-state index in [1.807, 2.05) is 15.9 Å². The molecule has 0 aromatic carbocycles. The number of nitrogens with zero attached hydrogens (tertiary/aromatic N) is 4. The van der Waals surface area contributed by atoms with E-state index in [1.165, 1.54) is 0 Å². The number of carbonyl (C=O) groups is 2. The van der Waals surface area contributed by atoms with Crippen LogP contribution in [-0.2, 0) is 20.9 Å². The molecule has 0 N–H and O–H groups in total. The second kappa shape index (κ2) is 7.12. The van der Waals surface area contributed by atoms with Crippen molar-refractivity contribution in [3.8, 4) is 0 Å². The minimum Gasteiger partial charge on any atom is -0.381 e. The summed E-state index contributed by atoms with van der Waals surface area (Å²) in [4.78, 5) is 28.3. The summed E-state index contributed by atoms with van der Waals surface area (Å²) in [5, 5.41) is 4.07. The van der Waals surface area contributed by atoms with Crippen molar-refractivity contribution >= 4 is 11.8 Å². The standard InChI is InChI=1S/C16H24N4O3/c1-13(21)20(14-4-9-23-10-5-14)15-3-8-18(11-15)16(22)12-19-7-2-6-17-19/h2,6-7,14-15H,3-5,8-12H2,1H3. The van der Waals surface area contributed by atoms with Gasteiger partial charge in [0.2, 0.25) is 11.8 Å². The van der Waals surface area contributed by atoms with Crippen LogP contribution in [0.15, 0.2) is 18.5 Å². The normalized spacial score (nSPS) is 22.3. The highest BCUT2D eigenvalue weighted by atomic mass is 16.5.